The van der Waals surface area contributed by atoms with Crippen LogP contribution in [0.15, 0.2) is 78.9 Å². The molecule has 1 amide bonds. The predicted molar refractivity (Wildman–Crippen MR) is 110 cm³/mol. The number of benzene rings is 3. The Morgan fingerprint density at radius 2 is 1.59 bits per heavy atom. The number of carbonyl (C=O) groups is 1. The fraction of sp³-hybridized carbons (Fsp3) is 0.208. The first kappa shape index (κ1) is 17.5. The Morgan fingerprint density at radius 1 is 0.852 bits per heavy atom. The third-order valence-electron chi connectivity index (χ3n) is 5.15. The lowest BCUT2D eigenvalue weighted by atomic mass is 9.95. The molecule has 0 aliphatic carbocycles. The lowest BCUT2D eigenvalue weighted by molar-refractivity contribution is 0.0947. The lowest BCUT2D eigenvalue weighted by Crippen LogP contribution is -2.37. The molecule has 3 aromatic carbocycles. The third-order valence-corrected chi connectivity index (χ3v) is 5.15. The summed E-state index contributed by atoms with van der Waals surface area (Å²) in [4.78, 5) is 14.6. The normalized spacial score (nSPS) is 13.8. The van der Waals surface area contributed by atoms with Crippen molar-refractivity contribution in [2.24, 2.45) is 0 Å². The predicted octanol–water partition coefficient (Wildman–Crippen LogP) is 4.14. The summed E-state index contributed by atoms with van der Waals surface area (Å²) in [6.45, 7) is 3.52. The Hall–Kier alpha value is -2.91. The number of hydrogen-bond acceptors (Lipinski definition) is 2. The first-order valence-electron chi connectivity index (χ1n) is 9.52. The van der Waals surface area contributed by atoms with Crippen molar-refractivity contribution in [2.75, 3.05) is 19.6 Å². The van der Waals surface area contributed by atoms with Gasteiger partial charge in [0.1, 0.15) is 0 Å². The fourth-order valence-electron chi connectivity index (χ4n) is 3.64. The summed E-state index contributed by atoms with van der Waals surface area (Å²) in [5.74, 6) is -0.000580. The van der Waals surface area contributed by atoms with Crippen LogP contribution < -0.4 is 5.32 Å². The fourth-order valence-corrected chi connectivity index (χ4v) is 3.64. The van der Waals surface area contributed by atoms with Gasteiger partial charge in [0.25, 0.3) is 5.91 Å². The van der Waals surface area contributed by atoms with Gasteiger partial charge in [-0.3, -0.25) is 9.69 Å². The number of carbonyl (C=O) groups excluding carboxylic acids is 1. The summed E-state index contributed by atoms with van der Waals surface area (Å²) in [7, 11) is 0. The number of rotatable bonds is 5. The van der Waals surface area contributed by atoms with Gasteiger partial charge in [-0.1, -0.05) is 60.7 Å². The summed E-state index contributed by atoms with van der Waals surface area (Å²) in [5, 5.41) is 3.03. The van der Waals surface area contributed by atoms with Crippen molar-refractivity contribution in [1.29, 1.82) is 0 Å². The molecule has 0 bridgehead atoms. The second-order valence-corrected chi connectivity index (χ2v) is 7.00. The molecule has 1 heterocycles. The zero-order chi connectivity index (χ0) is 18.5. The zero-order valence-electron chi connectivity index (χ0n) is 15.4. The van der Waals surface area contributed by atoms with Crippen molar-refractivity contribution in [3.63, 3.8) is 0 Å². The summed E-state index contributed by atoms with van der Waals surface area (Å²) < 4.78 is 0. The molecule has 0 radical (unpaired) electrons. The van der Waals surface area contributed by atoms with E-state index in [1.807, 2.05) is 36.4 Å². The van der Waals surface area contributed by atoms with Gasteiger partial charge in [-0.15, -0.1) is 0 Å². The summed E-state index contributed by atoms with van der Waals surface area (Å²) >= 11 is 0. The second-order valence-electron chi connectivity index (χ2n) is 7.00. The number of nitrogens with zero attached hydrogens (tertiary/aromatic N) is 1. The van der Waals surface area contributed by atoms with Crippen LogP contribution in [0, 0.1) is 0 Å². The van der Waals surface area contributed by atoms with E-state index in [1.54, 1.807) is 0 Å². The van der Waals surface area contributed by atoms with Gasteiger partial charge in [-0.2, -0.15) is 0 Å². The summed E-state index contributed by atoms with van der Waals surface area (Å²) in [6, 6.07) is 26.7. The molecule has 0 spiro atoms. The van der Waals surface area contributed by atoms with Crippen molar-refractivity contribution in [2.45, 2.75) is 13.0 Å². The SMILES string of the molecule is O=C(NCCN1CCc2ccc(-c3ccccc3)cc2C1)c1ccccc1. The molecular formula is C24H24N2O. The number of hydrogen-bond donors (Lipinski definition) is 1. The molecule has 0 unspecified atom stereocenters. The monoisotopic (exact) mass is 356 g/mol. The highest BCUT2D eigenvalue weighted by atomic mass is 16.1. The first-order valence-corrected chi connectivity index (χ1v) is 9.52. The van der Waals surface area contributed by atoms with Gasteiger partial charge in [0.05, 0.1) is 0 Å². The molecule has 3 aromatic rings. The Balaban J connectivity index is 1.36. The van der Waals surface area contributed by atoms with Crippen LogP contribution in [0.4, 0.5) is 0 Å². The van der Waals surface area contributed by atoms with Crippen LogP contribution in [0.2, 0.25) is 0 Å². The molecule has 1 aliphatic heterocycles. The molecule has 0 saturated carbocycles. The minimum atomic E-state index is -0.000580. The minimum Gasteiger partial charge on any atom is -0.351 e. The van der Waals surface area contributed by atoms with Gasteiger partial charge in [0.15, 0.2) is 0 Å². The molecule has 1 N–H and O–H groups in total. The van der Waals surface area contributed by atoms with Crippen molar-refractivity contribution in [3.8, 4) is 11.1 Å². The molecule has 4 rings (SSSR count). The Labute approximate surface area is 160 Å². The summed E-state index contributed by atoms with van der Waals surface area (Å²) in [5.41, 5.74) is 6.09. The molecule has 0 saturated heterocycles. The molecule has 0 aromatic heterocycles. The molecule has 27 heavy (non-hydrogen) atoms. The molecule has 0 fully saturated rings. The van der Waals surface area contributed by atoms with Crippen molar-refractivity contribution < 1.29 is 4.79 Å². The Morgan fingerprint density at radius 3 is 2.37 bits per heavy atom. The maximum absolute atomic E-state index is 12.2. The van der Waals surface area contributed by atoms with Gasteiger partial charge >= 0.3 is 0 Å². The highest BCUT2D eigenvalue weighted by molar-refractivity contribution is 5.94. The van der Waals surface area contributed by atoms with Crippen LogP contribution in [-0.2, 0) is 13.0 Å². The van der Waals surface area contributed by atoms with Gasteiger partial charge in [-0.05, 0) is 46.9 Å². The van der Waals surface area contributed by atoms with Crippen LogP contribution in [0.3, 0.4) is 0 Å². The van der Waals surface area contributed by atoms with E-state index in [0.29, 0.717) is 12.1 Å². The lowest BCUT2D eigenvalue weighted by Gasteiger charge is -2.29. The highest BCUT2D eigenvalue weighted by Gasteiger charge is 2.17. The second kappa shape index (κ2) is 8.19. The molecule has 3 nitrogen and oxygen atoms in total. The average Bonchev–Trinajstić information content (AvgIpc) is 2.74. The van der Waals surface area contributed by atoms with Crippen LogP contribution >= 0.6 is 0 Å². The van der Waals surface area contributed by atoms with E-state index in [0.717, 1.165) is 26.1 Å². The van der Waals surface area contributed by atoms with Crippen molar-refractivity contribution >= 4 is 5.91 Å². The first-order chi connectivity index (χ1) is 13.3. The van der Waals surface area contributed by atoms with Gasteiger partial charge in [0, 0.05) is 31.7 Å². The largest absolute Gasteiger partial charge is 0.351 e. The maximum Gasteiger partial charge on any atom is 0.251 e. The van der Waals surface area contributed by atoms with E-state index in [-0.39, 0.29) is 5.91 Å². The zero-order valence-corrected chi connectivity index (χ0v) is 15.4. The number of fused-ring (bicyclic) bond motifs is 1. The van der Waals surface area contributed by atoms with Gasteiger partial charge < -0.3 is 5.32 Å². The topological polar surface area (TPSA) is 32.3 Å². The minimum absolute atomic E-state index is 0.000580. The molecule has 136 valence electrons. The summed E-state index contributed by atoms with van der Waals surface area (Å²) in [6.07, 6.45) is 1.07. The molecule has 1 aliphatic rings. The van der Waals surface area contributed by atoms with Gasteiger partial charge in [0.2, 0.25) is 0 Å². The maximum atomic E-state index is 12.2. The number of nitrogens with one attached hydrogen (secondary N) is 1. The van der Waals surface area contributed by atoms with Gasteiger partial charge in [-0.25, -0.2) is 0 Å². The van der Waals surface area contributed by atoms with Crippen LogP contribution in [0.25, 0.3) is 11.1 Å². The molecular weight excluding hydrogens is 332 g/mol. The van der Waals surface area contributed by atoms with E-state index in [2.05, 4.69) is 52.7 Å². The third kappa shape index (κ3) is 4.26. The smallest absolute Gasteiger partial charge is 0.251 e. The Bertz CT molecular complexity index is 906. The van der Waals surface area contributed by atoms with E-state index in [1.165, 1.54) is 22.3 Å². The Kier molecular flexibility index (Phi) is 5.31. The standard InChI is InChI=1S/C24H24N2O/c27-24(21-9-5-2-6-10-21)25-14-16-26-15-13-20-11-12-22(17-23(20)18-26)19-7-3-1-4-8-19/h1-12,17H,13-16,18H2,(H,25,27). The van der Waals surface area contributed by atoms with Crippen LogP contribution in [-0.4, -0.2) is 30.4 Å². The van der Waals surface area contributed by atoms with E-state index in [9.17, 15) is 4.79 Å². The molecule has 0 atom stereocenters. The molecule has 3 heteroatoms. The van der Waals surface area contributed by atoms with Crippen LogP contribution in [0.1, 0.15) is 21.5 Å². The van der Waals surface area contributed by atoms with E-state index in [4.69, 9.17) is 0 Å². The van der Waals surface area contributed by atoms with Crippen molar-refractivity contribution in [1.82, 2.24) is 10.2 Å². The quantitative estimate of drug-likeness (QED) is 0.745. The highest BCUT2D eigenvalue weighted by Crippen LogP contribution is 2.26. The van der Waals surface area contributed by atoms with Crippen molar-refractivity contribution in [3.05, 3.63) is 95.6 Å². The average molecular weight is 356 g/mol. The number of amides is 1. The van der Waals surface area contributed by atoms with Crippen LogP contribution in [0.5, 0.6) is 0 Å². The van der Waals surface area contributed by atoms with E-state index >= 15 is 0 Å². The van der Waals surface area contributed by atoms with E-state index < -0.39 is 0 Å².